The Hall–Kier alpha value is -2.14. The Morgan fingerprint density at radius 1 is 1.17 bits per heavy atom. The number of hydrogen-bond acceptors (Lipinski definition) is 5. The van der Waals surface area contributed by atoms with Crippen LogP contribution >= 0.6 is 0 Å². The molecule has 3 rings (SSSR count). The zero-order valence-electron chi connectivity index (χ0n) is 13.8. The van der Waals surface area contributed by atoms with E-state index in [4.69, 9.17) is 5.73 Å². The number of nitrogens with two attached hydrogens (primary N) is 1. The normalized spacial score (nSPS) is 17.3. The largest absolute Gasteiger partial charge is 0.385 e. The second-order valence-corrected chi connectivity index (χ2v) is 6.22. The third-order valence-corrected chi connectivity index (χ3v) is 4.77. The fourth-order valence-electron chi connectivity index (χ4n) is 3.35. The van der Waals surface area contributed by atoms with Crippen LogP contribution in [-0.2, 0) is 12.0 Å². The van der Waals surface area contributed by atoms with Crippen molar-refractivity contribution in [3.05, 3.63) is 47.2 Å². The number of aromatic nitrogens is 2. The molecule has 5 nitrogen and oxygen atoms in total. The Morgan fingerprint density at radius 3 is 2.43 bits per heavy atom. The molecule has 1 fully saturated rings. The summed E-state index contributed by atoms with van der Waals surface area (Å²) in [6, 6.07) is 9.92. The molecule has 0 unspecified atom stereocenters. The van der Waals surface area contributed by atoms with E-state index >= 15 is 0 Å². The zero-order valence-corrected chi connectivity index (χ0v) is 13.8. The van der Waals surface area contributed by atoms with Gasteiger partial charge in [-0.05, 0) is 31.7 Å². The van der Waals surface area contributed by atoms with E-state index in [1.165, 1.54) is 0 Å². The van der Waals surface area contributed by atoms with Crippen LogP contribution in [0, 0.1) is 6.92 Å². The first-order valence-electron chi connectivity index (χ1n) is 8.19. The highest BCUT2D eigenvalue weighted by molar-refractivity contribution is 5.52. The van der Waals surface area contributed by atoms with Crippen LogP contribution in [0.25, 0.3) is 0 Å². The minimum atomic E-state index is -0.752. The molecule has 122 valence electrons. The van der Waals surface area contributed by atoms with Crippen molar-refractivity contribution >= 4 is 11.8 Å². The van der Waals surface area contributed by atoms with E-state index in [-0.39, 0.29) is 0 Å². The Kier molecular flexibility index (Phi) is 4.22. The lowest BCUT2D eigenvalue weighted by Crippen LogP contribution is -2.43. The Balaban J connectivity index is 1.81. The molecule has 1 aromatic heterocycles. The van der Waals surface area contributed by atoms with Crippen molar-refractivity contribution in [3.8, 4) is 0 Å². The molecule has 1 aliphatic heterocycles. The van der Waals surface area contributed by atoms with Crippen molar-refractivity contribution in [2.45, 2.75) is 38.7 Å². The molecule has 5 heteroatoms. The Bertz CT molecular complexity index is 679. The van der Waals surface area contributed by atoms with Gasteiger partial charge in [-0.25, -0.2) is 4.98 Å². The van der Waals surface area contributed by atoms with Crippen molar-refractivity contribution in [1.82, 2.24) is 9.97 Å². The molecule has 2 heterocycles. The van der Waals surface area contributed by atoms with Gasteiger partial charge in [-0.1, -0.05) is 37.3 Å². The van der Waals surface area contributed by atoms with Crippen LogP contribution in [0.1, 0.15) is 36.6 Å². The van der Waals surface area contributed by atoms with Crippen molar-refractivity contribution in [3.63, 3.8) is 0 Å². The van der Waals surface area contributed by atoms with Gasteiger partial charge < -0.3 is 15.7 Å². The fourth-order valence-corrected chi connectivity index (χ4v) is 3.35. The van der Waals surface area contributed by atoms with Crippen molar-refractivity contribution in [2.75, 3.05) is 23.7 Å². The molecule has 0 atom stereocenters. The molecule has 2 aromatic rings. The average molecular weight is 312 g/mol. The van der Waals surface area contributed by atoms with Gasteiger partial charge in [0.25, 0.3) is 0 Å². The van der Waals surface area contributed by atoms with Crippen molar-refractivity contribution in [1.29, 1.82) is 0 Å². The number of hydrogen-bond donors (Lipinski definition) is 2. The number of aryl methyl sites for hydroxylation is 1. The minimum Gasteiger partial charge on any atom is -0.385 e. The number of nitrogens with zero attached hydrogens (tertiary/aromatic N) is 3. The summed E-state index contributed by atoms with van der Waals surface area (Å²) in [5.74, 6) is 1.23. The quantitative estimate of drug-likeness (QED) is 0.910. The SMILES string of the molecule is CCc1nc(N)nc(N2CCC(O)(c3ccccc3)CC2)c1C. The molecule has 0 aliphatic carbocycles. The highest BCUT2D eigenvalue weighted by atomic mass is 16.3. The number of piperidine rings is 1. The molecule has 1 saturated heterocycles. The third kappa shape index (κ3) is 3.01. The summed E-state index contributed by atoms with van der Waals surface area (Å²) in [6.07, 6.45) is 2.21. The summed E-state index contributed by atoms with van der Waals surface area (Å²) in [5.41, 5.74) is 8.18. The van der Waals surface area contributed by atoms with E-state index in [0.717, 1.165) is 42.1 Å². The zero-order chi connectivity index (χ0) is 16.4. The predicted octanol–water partition coefficient (Wildman–Crippen LogP) is 2.42. The number of rotatable bonds is 3. The Morgan fingerprint density at radius 2 is 1.83 bits per heavy atom. The standard InChI is InChI=1S/C18H24N4O/c1-3-15-13(2)16(21-17(19)20-15)22-11-9-18(23,10-12-22)14-7-5-4-6-8-14/h4-8,23H,3,9-12H2,1-2H3,(H2,19,20,21). The van der Waals surface area contributed by atoms with Gasteiger partial charge in [-0.15, -0.1) is 0 Å². The van der Waals surface area contributed by atoms with Crippen LogP contribution in [0.15, 0.2) is 30.3 Å². The van der Waals surface area contributed by atoms with Gasteiger partial charge in [-0.2, -0.15) is 4.98 Å². The van der Waals surface area contributed by atoms with Gasteiger partial charge in [0.15, 0.2) is 0 Å². The summed E-state index contributed by atoms with van der Waals surface area (Å²) >= 11 is 0. The number of benzene rings is 1. The van der Waals surface area contributed by atoms with Crippen LogP contribution in [0.2, 0.25) is 0 Å². The smallest absolute Gasteiger partial charge is 0.222 e. The van der Waals surface area contributed by atoms with E-state index in [1.54, 1.807) is 0 Å². The lowest BCUT2D eigenvalue weighted by molar-refractivity contribution is 0.0116. The third-order valence-electron chi connectivity index (χ3n) is 4.77. The summed E-state index contributed by atoms with van der Waals surface area (Å²) in [7, 11) is 0. The van der Waals surface area contributed by atoms with Crippen molar-refractivity contribution < 1.29 is 5.11 Å². The minimum absolute atomic E-state index is 0.325. The predicted molar refractivity (Wildman–Crippen MR) is 92.3 cm³/mol. The van der Waals surface area contributed by atoms with E-state index in [0.29, 0.717) is 18.8 Å². The number of nitrogen functional groups attached to an aromatic ring is 1. The Labute approximate surface area is 137 Å². The van der Waals surface area contributed by atoms with Crippen LogP contribution < -0.4 is 10.6 Å². The summed E-state index contributed by atoms with van der Waals surface area (Å²) in [5, 5.41) is 10.9. The van der Waals surface area contributed by atoms with Crippen LogP contribution in [0.3, 0.4) is 0 Å². The molecule has 0 bridgehead atoms. The molecular weight excluding hydrogens is 288 g/mol. The van der Waals surface area contributed by atoms with Gasteiger partial charge in [0.05, 0.1) is 11.3 Å². The van der Waals surface area contributed by atoms with Gasteiger partial charge >= 0.3 is 0 Å². The lowest BCUT2D eigenvalue weighted by atomic mass is 9.84. The maximum atomic E-state index is 10.9. The monoisotopic (exact) mass is 312 g/mol. The average Bonchev–Trinajstić information content (AvgIpc) is 2.58. The molecule has 1 aromatic carbocycles. The summed E-state index contributed by atoms with van der Waals surface area (Å²) in [4.78, 5) is 11.0. The molecule has 0 amide bonds. The first kappa shape index (κ1) is 15.7. The highest BCUT2D eigenvalue weighted by Gasteiger charge is 2.34. The van der Waals surface area contributed by atoms with Gasteiger partial charge in [0.1, 0.15) is 5.82 Å². The summed E-state index contributed by atoms with van der Waals surface area (Å²) < 4.78 is 0. The van der Waals surface area contributed by atoms with E-state index < -0.39 is 5.60 Å². The van der Waals surface area contributed by atoms with Crippen LogP contribution in [0.5, 0.6) is 0 Å². The van der Waals surface area contributed by atoms with Crippen LogP contribution in [-0.4, -0.2) is 28.2 Å². The molecule has 0 radical (unpaired) electrons. The maximum Gasteiger partial charge on any atom is 0.222 e. The first-order chi connectivity index (χ1) is 11.0. The molecule has 0 saturated carbocycles. The van der Waals surface area contributed by atoms with Gasteiger partial charge in [-0.3, -0.25) is 0 Å². The second-order valence-electron chi connectivity index (χ2n) is 6.22. The molecule has 0 spiro atoms. The van der Waals surface area contributed by atoms with Crippen LogP contribution in [0.4, 0.5) is 11.8 Å². The molecule has 23 heavy (non-hydrogen) atoms. The summed E-state index contributed by atoms with van der Waals surface area (Å²) in [6.45, 7) is 5.63. The number of anilines is 2. The maximum absolute atomic E-state index is 10.9. The second kappa shape index (κ2) is 6.16. The topological polar surface area (TPSA) is 75.3 Å². The fraction of sp³-hybridized carbons (Fsp3) is 0.444. The molecule has 1 aliphatic rings. The van der Waals surface area contributed by atoms with Gasteiger partial charge in [0.2, 0.25) is 5.95 Å². The van der Waals surface area contributed by atoms with Gasteiger partial charge in [0, 0.05) is 18.7 Å². The van der Waals surface area contributed by atoms with E-state index in [9.17, 15) is 5.11 Å². The first-order valence-corrected chi connectivity index (χ1v) is 8.19. The van der Waals surface area contributed by atoms with Crippen molar-refractivity contribution in [2.24, 2.45) is 0 Å². The molecular formula is C18H24N4O. The highest BCUT2D eigenvalue weighted by Crippen LogP contribution is 2.35. The molecule has 3 N–H and O–H groups in total. The number of aliphatic hydroxyl groups is 1. The van der Waals surface area contributed by atoms with E-state index in [2.05, 4.69) is 21.8 Å². The van der Waals surface area contributed by atoms with E-state index in [1.807, 2.05) is 37.3 Å². The lowest BCUT2D eigenvalue weighted by Gasteiger charge is -2.39.